The summed E-state index contributed by atoms with van der Waals surface area (Å²) in [7, 11) is 0. The van der Waals surface area contributed by atoms with Crippen LogP contribution in [-0.4, -0.2) is 11.0 Å². The van der Waals surface area contributed by atoms with Gasteiger partial charge >= 0.3 is 0 Å². The van der Waals surface area contributed by atoms with Gasteiger partial charge in [0, 0.05) is 15.9 Å². The zero-order chi connectivity index (χ0) is 18.0. The third-order valence-electron chi connectivity index (χ3n) is 3.82. The fourth-order valence-electron chi connectivity index (χ4n) is 2.63. The second-order valence-corrected chi connectivity index (χ2v) is 6.91. The van der Waals surface area contributed by atoms with Gasteiger partial charge in [-0.1, -0.05) is 28.1 Å². The van der Waals surface area contributed by atoms with Gasteiger partial charge in [-0.05, 0) is 61.1 Å². The molecular formula is C18H15BrFN3OS. The molecule has 1 amide bonds. The van der Waals surface area contributed by atoms with Gasteiger partial charge in [0.05, 0.1) is 11.6 Å². The Bertz CT molecular complexity index is 850. The van der Waals surface area contributed by atoms with E-state index in [1.807, 2.05) is 12.1 Å². The van der Waals surface area contributed by atoms with Gasteiger partial charge in [-0.15, -0.1) is 0 Å². The number of carbonyl (C=O) groups is 1. The molecule has 0 spiro atoms. The van der Waals surface area contributed by atoms with E-state index in [-0.39, 0.29) is 11.7 Å². The SMILES string of the molecule is CC1=C(C(=O)Nc2ccc(Br)cc2)C(c2ccc(F)cc2)NC(=S)N1. The number of halogens is 2. The molecule has 0 saturated carbocycles. The Morgan fingerprint density at radius 2 is 1.80 bits per heavy atom. The van der Waals surface area contributed by atoms with E-state index < -0.39 is 6.04 Å². The smallest absolute Gasteiger partial charge is 0.255 e. The first-order chi connectivity index (χ1) is 11.9. The number of rotatable bonds is 3. The maximum absolute atomic E-state index is 13.2. The van der Waals surface area contributed by atoms with Crippen molar-refractivity contribution in [2.24, 2.45) is 0 Å². The first-order valence-electron chi connectivity index (χ1n) is 7.54. The molecule has 25 heavy (non-hydrogen) atoms. The van der Waals surface area contributed by atoms with Crippen LogP contribution in [0.25, 0.3) is 0 Å². The van der Waals surface area contributed by atoms with Crippen molar-refractivity contribution in [2.75, 3.05) is 5.32 Å². The largest absolute Gasteiger partial charge is 0.351 e. The lowest BCUT2D eigenvalue weighted by Gasteiger charge is -2.30. The van der Waals surface area contributed by atoms with Gasteiger partial charge in [0.15, 0.2) is 5.11 Å². The lowest BCUT2D eigenvalue weighted by atomic mass is 9.95. The summed E-state index contributed by atoms with van der Waals surface area (Å²) in [4.78, 5) is 12.8. The van der Waals surface area contributed by atoms with Crippen LogP contribution in [0.5, 0.6) is 0 Å². The molecule has 1 aliphatic heterocycles. The van der Waals surface area contributed by atoms with Crippen molar-refractivity contribution >= 4 is 44.9 Å². The molecule has 4 nitrogen and oxygen atoms in total. The molecule has 2 aromatic rings. The van der Waals surface area contributed by atoms with E-state index in [9.17, 15) is 9.18 Å². The lowest BCUT2D eigenvalue weighted by molar-refractivity contribution is -0.113. The van der Waals surface area contributed by atoms with Crippen LogP contribution in [0.15, 0.2) is 64.3 Å². The number of thiocarbonyl (C=S) groups is 1. The van der Waals surface area contributed by atoms with E-state index in [1.54, 1.807) is 31.2 Å². The van der Waals surface area contributed by atoms with Crippen molar-refractivity contribution < 1.29 is 9.18 Å². The second kappa shape index (κ2) is 7.33. The third-order valence-corrected chi connectivity index (χ3v) is 4.57. The van der Waals surface area contributed by atoms with Crippen LogP contribution in [0.1, 0.15) is 18.5 Å². The van der Waals surface area contributed by atoms with E-state index in [0.29, 0.717) is 22.1 Å². The maximum atomic E-state index is 13.2. The Balaban J connectivity index is 1.92. The first kappa shape index (κ1) is 17.6. The zero-order valence-corrected chi connectivity index (χ0v) is 15.7. The molecular weight excluding hydrogens is 405 g/mol. The molecule has 1 heterocycles. The molecule has 0 fully saturated rings. The van der Waals surface area contributed by atoms with Crippen molar-refractivity contribution in [1.29, 1.82) is 0 Å². The lowest BCUT2D eigenvalue weighted by Crippen LogP contribution is -2.45. The zero-order valence-electron chi connectivity index (χ0n) is 13.3. The van der Waals surface area contributed by atoms with E-state index >= 15 is 0 Å². The predicted molar refractivity (Wildman–Crippen MR) is 103 cm³/mol. The molecule has 0 aromatic heterocycles. The van der Waals surface area contributed by atoms with E-state index in [0.717, 1.165) is 10.0 Å². The number of amides is 1. The first-order valence-corrected chi connectivity index (χ1v) is 8.75. The number of allylic oxidation sites excluding steroid dienone is 1. The monoisotopic (exact) mass is 419 g/mol. The third kappa shape index (κ3) is 4.05. The van der Waals surface area contributed by atoms with Gasteiger partial charge in [0.25, 0.3) is 5.91 Å². The van der Waals surface area contributed by atoms with Crippen molar-refractivity contribution in [3.05, 3.63) is 75.7 Å². The Labute approximate surface area is 158 Å². The fraction of sp³-hybridized carbons (Fsp3) is 0.111. The van der Waals surface area contributed by atoms with Crippen LogP contribution in [0, 0.1) is 5.82 Å². The number of anilines is 1. The minimum Gasteiger partial charge on any atom is -0.351 e. The molecule has 1 aliphatic rings. The normalized spacial score (nSPS) is 16.9. The number of hydrogen-bond acceptors (Lipinski definition) is 2. The Morgan fingerprint density at radius 3 is 2.44 bits per heavy atom. The molecule has 0 bridgehead atoms. The molecule has 3 N–H and O–H groups in total. The topological polar surface area (TPSA) is 53.2 Å². The average Bonchev–Trinajstić information content (AvgIpc) is 2.57. The molecule has 1 atom stereocenters. The highest BCUT2D eigenvalue weighted by Gasteiger charge is 2.29. The van der Waals surface area contributed by atoms with E-state index in [4.69, 9.17) is 12.2 Å². The second-order valence-electron chi connectivity index (χ2n) is 5.58. The summed E-state index contributed by atoms with van der Waals surface area (Å²) in [5.74, 6) is -0.585. The van der Waals surface area contributed by atoms with Gasteiger partial charge in [0.1, 0.15) is 5.82 Å². The summed E-state index contributed by atoms with van der Waals surface area (Å²) in [5.41, 5.74) is 2.60. The highest BCUT2D eigenvalue weighted by atomic mass is 79.9. The van der Waals surface area contributed by atoms with Crippen LogP contribution in [-0.2, 0) is 4.79 Å². The van der Waals surface area contributed by atoms with Gasteiger partial charge in [-0.25, -0.2) is 4.39 Å². The van der Waals surface area contributed by atoms with Crippen LogP contribution in [0.2, 0.25) is 0 Å². The molecule has 2 aromatic carbocycles. The Hall–Kier alpha value is -2.25. The molecule has 0 radical (unpaired) electrons. The summed E-state index contributed by atoms with van der Waals surface area (Å²) in [5, 5.41) is 9.36. The summed E-state index contributed by atoms with van der Waals surface area (Å²) in [6, 6.07) is 12.9. The van der Waals surface area contributed by atoms with Crippen LogP contribution in [0.4, 0.5) is 10.1 Å². The van der Waals surface area contributed by atoms with Gasteiger partial charge in [0.2, 0.25) is 0 Å². The van der Waals surface area contributed by atoms with Crippen molar-refractivity contribution in [2.45, 2.75) is 13.0 Å². The Kier molecular flexibility index (Phi) is 5.15. The Morgan fingerprint density at radius 1 is 1.16 bits per heavy atom. The maximum Gasteiger partial charge on any atom is 0.255 e. The summed E-state index contributed by atoms with van der Waals surface area (Å²) in [6.45, 7) is 1.79. The van der Waals surface area contributed by atoms with Gasteiger partial charge in [-0.2, -0.15) is 0 Å². The number of hydrogen-bond donors (Lipinski definition) is 3. The van der Waals surface area contributed by atoms with Gasteiger partial charge < -0.3 is 16.0 Å². The quantitative estimate of drug-likeness (QED) is 0.657. The van der Waals surface area contributed by atoms with Crippen LogP contribution >= 0.6 is 28.1 Å². The number of carbonyl (C=O) groups excluding carboxylic acids is 1. The summed E-state index contributed by atoms with van der Waals surface area (Å²) < 4.78 is 14.2. The van der Waals surface area contributed by atoms with Crippen molar-refractivity contribution in [3.63, 3.8) is 0 Å². The minimum atomic E-state index is -0.454. The summed E-state index contributed by atoms with van der Waals surface area (Å²) >= 11 is 8.57. The molecule has 1 unspecified atom stereocenters. The fourth-order valence-corrected chi connectivity index (χ4v) is 3.17. The predicted octanol–water partition coefficient (Wildman–Crippen LogP) is 4.02. The van der Waals surface area contributed by atoms with Crippen LogP contribution in [0.3, 0.4) is 0 Å². The summed E-state index contributed by atoms with van der Waals surface area (Å²) in [6.07, 6.45) is 0. The number of benzene rings is 2. The van der Waals surface area contributed by atoms with Gasteiger partial charge in [-0.3, -0.25) is 4.79 Å². The minimum absolute atomic E-state index is 0.253. The molecule has 7 heteroatoms. The highest BCUT2D eigenvalue weighted by molar-refractivity contribution is 9.10. The molecule has 3 rings (SSSR count). The molecule has 0 saturated heterocycles. The van der Waals surface area contributed by atoms with Crippen molar-refractivity contribution in [3.8, 4) is 0 Å². The molecule has 0 aliphatic carbocycles. The number of nitrogens with one attached hydrogen (secondary N) is 3. The standard InChI is InChI=1S/C18H15BrFN3OS/c1-10-15(17(24)22-14-8-4-12(19)5-9-14)16(23-18(25)21-10)11-2-6-13(20)7-3-11/h2-9,16H,1H3,(H,22,24)(H2,21,23,25). The van der Waals surface area contributed by atoms with Crippen molar-refractivity contribution in [1.82, 2.24) is 10.6 Å². The highest BCUT2D eigenvalue weighted by Crippen LogP contribution is 2.28. The average molecular weight is 420 g/mol. The van der Waals surface area contributed by atoms with E-state index in [2.05, 4.69) is 31.9 Å². The molecule has 128 valence electrons. The van der Waals surface area contributed by atoms with E-state index in [1.165, 1.54) is 12.1 Å². The van der Waals surface area contributed by atoms with Crippen LogP contribution < -0.4 is 16.0 Å².